The number of imidazole rings is 1. The number of aromatic nitrogens is 2. The van der Waals surface area contributed by atoms with Gasteiger partial charge in [-0.2, -0.15) is 0 Å². The Balaban J connectivity index is 3.48. The molecule has 5 heteroatoms. The van der Waals surface area contributed by atoms with E-state index in [1.807, 2.05) is 0 Å². The van der Waals surface area contributed by atoms with Gasteiger partial charge < -0.3 is 5.73 Å². The van der Waals surface area contributed by atoms with Gasteiger partial charge in [0.05, 0.1) is 5.69 Å². The van der Waals surface area contributed by atoms with E-state index in [0.29, 0.717) is 6.54 Å². The molecule has 0 unspecified atom stereocenters. The average molecular weight is 220 g/mol. The lowest BCUT2D eigenvalue weighted by molar-refractivity contribution is 0.749. The summed E-state index contributed by atoms with van der Waals surface area (Å²) in [6.07, 6.45) is 0. The molecule has 1 aromatic heterocycles. The number of hydrogen-bond donors (Lipinski definition) is 1. The summed E-state index contributed by atoms with van der Waals surface area (Å²) in [5.74, 6) is 0. The largest absolute Gasteiger partial charge is 0.328 e. The molecule has 0 saturated heterocycles. The van der Waals surface area contributed by atoms with E-state index in [0.717, 1.165) is 10.3 Å². The normalized spacial score (nSPS) is 10.5. The van der Waals surface area contributed by atoms with Crippen LogP contribution in [0.5, 0.6) is 0 Å². The number of halogens is 1. The Kier molecular flexibility index (Phi) is 2.20. The summed E-state index contributed by atoms with van der Waals surface area (Å²) in [5, 5.41) is 0. The predicted octanol–water partition coefficient (Wildman–Crippen LogP) is -0.0550. The van der Waals surface area contributed by atoms with E-state index in [9.17, 15) is 4.79 Å². The Morgan fingerprint density at radius 1 is 1.45 bits per heavy atom. The van der Waals surface area contributed by atoms with Gasteiger partial charge in [-0.3, -0.25) is 9.13 Å². The summed E-state index contributed by atoms with van der Waals surface area (Å²) < 4.78 is 3.80. The van der Waals surface area contributed by atoms with Gasteiger partial charge in [0, 0.05) is 20.6 Å². The van der Waals surface area contributed by atoms with Crippen molar-refractivity contribution in [2.45, 2.75) is 6.54 Å². The van der Waals surface area contributed by atoms with Crippen LogP contribution in [0, 0.1) is 0 Å². The highest BCUT2D eigenvalue weighted by Crippen LogP contribution is 2.12. The molecule has 0 aliphatic carbocycles. The van der Waals surface area contributed by atoms with Crippen LogP contribution < -0.4 is 11.4 Å². The first-order chi connectivity index (χ1) is 5.09. The first-order valence-corrected chi connectivity index (χ1v) is 3.99. The van der Waals surface area contributed by atoms with Crippen LogP contribution in [0.1, 0.15) is 5.69 Å². The molecule has 4 nitrogen and oxygen atoms in total. The van der Waals surface area contributed by atoms with Gasteiger partial charge in [0.25, 0.3) is 0 Å². The van der Waals surface area contributed by atoms with Crippen molar-refractivity contribution in [3.05, 3.63) is 20.8 Å². The van der Waals surface area contributed by atoms with Gasteiger partial charge in [-0.15, -0.1) is 0 Å². The van der Waals surface area contributed by atoms with Crippen molar-refractivity contribution >= 4 is 15.9 Å². The maximum atomic E-state index is 11.2. The molecule has 0 aromatic carbocycles. The summed E-state index contributed by atoms with van der Waals surface area (Å²) in [4.78, 5) is 11.2. The molecule has 0 saturated carbocycles. The summed E-state index contributed by atoms with van der Waals surface area (Å²) in [7, 11) is 3.40. The van der Waals surface area contributed by atoms with E-state index in [1.54, 1.807) is 14.1 Å². The van der Waals surface area contributed by atoms with Gasteiger partial charge in [0.2, 0.25) is 0 Å². The van der Waals surface area contributed by atoms with Gasteiger partial charge in [0.15, 0.2) is 0 Å². The Hall–Kier alpha value is -0.550. The van der Waals surface area contributed by atoms with Crippen molar-refractivity contribution in [3.8, 4) is 0 Å². The zero-order chi connectivity index (χ0) is 8.59. The molecule has 0 aliphatic heterocycles. The highest BCUT2D eigenvalue weighted by molar-refractivity contribution is 9.10. The first-order valence-electron chi connectivity index (χ1n) is 3.19. The third-order valence-electron chi connectivity index (χ3n) is 1.70. The predicted molar refractivity (Wildman–Crippen MR) is 46.2 cm³/mol. The minimum Gasteiger partial charge on any atom is -0.325 e. The van der Waals surface area contributed by atoms with Crippen molar-refractivity contribution in [2.75, 3.05) is 0 Å². The van der Waals surface area contributed by atoms with E-state index >= 15 is 0 Å². The fraction of sp³-hybridized carbons (Fsp3) is 0.500. The monoisotopic (exact) mass is 219 g/mol. The molecule has 0 bridgehead atoms. The molecule has 62 valence electrons. The lowest BCUT2D eigenvalue weighted by Crippen LogP contribution is -2.20. The van der Waals surface area contributed by atoms with Crippen LogP contribution in [0.4, 0.5) is 0 Å². The smallest absolute Gasteiger partial charge is 0.325 e. The summed E-state index contributed by atoms with van der Waals surface area (Å²) in [6.45, 7) is 0.368. The lowest BCUT2D eigenvalue weighted by atomic mass is 10.5. The molecular formula is C6H10BrN3O. The second kappa shape index (κ2) is 2.83. The van der Waals surface area contributed by atoms with E-state index in [4.69, 9.17) is 5.73 Å². The Bertz CT molecular complexity index is 325. The molecule has 2 N–H and O–H groups in total. The molecule has 1 aromatic rings. The number of hydrogen-bond acceptors (Lipinski definition) is 2. The average Bonchev–Trinajstić information content (AvgIpc) is 2.17. The molecule has 0 aliphatic rings. The first kappa shape index (κ1) is 8.55. The van der Waals surface area contributed by atoms with Crippen molar-refractivity contribution in [1.82, 2.24) is 9.13 Å². The van der Waals surface area contributed by atoms with E-state index in [2.05, 4.69) is 15.9 Å². The third kappa shape index (κ3) is 1.14. The number of nitrogens with zero attached hydrogens (tertiary/aromatic N) is 2. The van der Waals surface area contributed by atoms with Crippen LogP contribution in [0.25, 0.3) is 0 Å². The van der Waals surface area contributed by atoms with E-state index in [-0.39, 0.29) is 5.69 Å². The molecule has 0 atom stereocenters. The maximum Gasteiger partial charge on any atom is 0.328 e. The van der Waals surface area contributed by atoms with Crippen LogP contribution >= 0.6 is 15.9 Å². The standard InChI is InChI=1S/C6H10BrN3O/c1-9-4(3-8)5(7)10(2)6(9)11/h3,8H2,1-2H3. The highest BCUT2D eigenvalue weighted by Gasteiger charge is 2.10. The zero-order valence-corrected chi connectivity index (χ0v) is 8.05. The second-order valence-electron chi connectivity index (χ2n) is 2.34. The molecule has 11 heavy (non-hydrogen) atoms. The van der Waals surface area contributed by atoms with Crippen LogP contribution in [0.2, 0.25) is 0 Å². The fourth-order valence-electron chi connectivity index (χ4n) is 0.978. The lowest BCUT2D eigenvalue weighted by Gasteiger charge is -1.95. The Labute approximate surface area is 72.7 Å². The van der Waals surface area contributed by atoms with Crippen LogP contribution in [-0.2, 0) is 20.6 Å². The Morgan fingerprint density at radius 3 is 2.18 bits per heavy atom. The molecule has 0 spiro atoms. The fourth-order valence-corrected chi connectivity index (χ4v) is 1.56. The third-order valence-corrected chi connectivity index (χ3v) is 2.69. The maximum absolute atomic E-state index is 11.2. The molecule has 1 rings (SSSR count). The summed E-state index contributed by atoms with van der Waals surface area (Å²) in [5.41, 5.74) is 6.19. The zero-order valence-electron chi connectivity index (χ0n) is 6.47. The van der Waals surface area contributed by atoms with Crippen LogP contribution in [0.3, 0.4) is 0 Å². The SMILES string of the molecule is Cn1c(Br)c(CN)n(C)c1=O. The van der Waals surface area contributed by atoms with Crippen molar-refractivity contribution < 1.29 is 0 Å². The second-order valence-corrected chi connectivity index (χ2v) is 3.09. The topological polar surface area (TPSA) is 52.9 Å². The van der Waals surface area contributed by atoms with Gasteiger partial charge in [-0.05, 0) is 15.9 Å². The minimum atomic E-state index is -0.0580. The molecule has 0 radical (unpaired) electrons. The van der Waals surface area contributed by atoms with Crippen LogP contribution in [0.15, 0.2) is 9.40 Å². The Morgan fingerprint density at radius 2 is 2.00 bits per heavy atom. The van der Waals surface area contributed by atoms with Gasteiger partial charge in [-0.25, -0.2) is 4.79 Å². The minimum absolute atomic E-state index is 0.0580. The molecule has 1 heterocycles. The van der Waals surface area contributed by atoms with E-state index < -0.39 is 0 Å². The van der Waals surface area contributed by atoms with Gasteiger partial charge >= 0.3 is 5.69 Å². The van der Waals surface area contributed by atoms with Crippen LogP contribution in [-0.4, -0.2) is 9.13 Å². The number of nitrogens with two attached hydrogens (primary N) is 1. The number of rotatable bonds is 1. The van der Waals surface area contributed by atoms with Gasteiger partial charge in [-0.1, -0.05) is 0 Å². The summed E-state index contributed by atoms with van der Waals surface area (Å²) >= 11 is 3.27. The molecular weight excluding hydrogens is 210 g/mol. The molecule has 0 amide bonds. The highest BCUT2D eigenvalue weighted by atomic mass is 79.9. The quantitative estimate of drug-likeness (QED) is 0.721. The van der Waals surface area contributed by atoms with Crippen molar-refractivity contribution in [3.63, 3.8) is 0 Å². The van der Waals surface area contributed by atoms with E-state index in [1.165, 1.54) is 9.13 Å². The van der Waals surface area contributed by atoms with Crippen molar-refractivity contribution in [2.24, 2.45) is 19.8 Å². The summed E-state index contributed by atoms with van der Waals surface area (Å²) in [6, 6.07) is 0. The van der Waals surface area contributed by atoms with Gasteiger partial charge in [0.1, 0.15) is 4.60 Å². The van der Waals surface area contributed by atoms with Crippen molar-refractivity contribution in [1.29, 1.82) is 0 Å². The molecule has 0 fully saturated rings.